The van der Waals surface area contributed by atoms with Crippen molar-refractivity contribution in [2.24, 2.45) is 7.05 Å². The summed E-state index contributed by atoms with van der Waals surface area (Å²) in [6.07, 6.45) is -2.63. The molecule has 7 nitrogen and oxygen atoms in total. The quantitative estimate of drug-likeness (QED) is 0.494. The van der Waals surface area contributed by atoms with Crippen molar-refractivity contribution < 1.29 is 31.5 Å². The summed E-state index contributed by atoms with van der Waals surface area (Å²) >= 11 is 7.01. The molecule has 13 heteroatoms. The highest BCUT2D eigenvalue weighted by Crippen LogP contribution is 2.40. The van der Waals surface area contributed by atoms with Crippen LogP contribution in [-0.2, 0) is 28.0 Å². The standard InChI is InChI=1S/C19H15ClF3N3O4S2/c1-26-15-5-3-2-4-12(15)13(6-7-32(29,30)25-10-16(27)28)18(26)31-17-14(20)8-11(9-24-17)19(21,22)23/h2-9,25H,10H2,1H3,(H,27,28)/b7-6+. The zero-order valence-electron chi connectivity index (χ0n) is 16.2. The Morgan fingerprint density at radius 3 is 2.66 bits per heavy atom. The van der Waals surface area contributed by atoms with E-state index in [-0.39, 0.29) is 10.0 Å². The molecule has 0 radical (unpaired) electrons. The van der Waals surface area contributed by atoms with E-state index in [0.717, 1.165) is 28.8 Å². The van der Waals surface area contributed by atoms with Gasteiger partial charge in [0.2, 0.25) is 10.0 Å². The minimum atomic E-state index is -4.59. The number of aliphatic carboxylic acids is 1. The van der Waals surface area contributed by atoms with Crippen LogP contribution in [-0.4, -0.2) is 35.6 Å². The maximum Gasteiger partial charge on any atom is 0.417 e. The molecule has 0 bridgehead atoms. The molecule has 3 rings (SSSR count). The van der Waals surface area contributed by atoms with Crippen molar-refractivity contribution in [1.82, 2.24) is 14.3 Å². The van der Waals surface area contributed by atoms with Gasteiger partial charge in [0.25, 0.3) is 0 Å². The van der Waals surface area contributed by atoms with Gasteiger partial charge < -0.3 is 9.67 Å². The summed E-state index contributed by atoms with van der Waals surface area (Å²) in [5, 5.41) is 10.5. The van der Waals surface area contributed by atoms with Gasteiger partial charge in [-0.25, -0.2) is 18.1 Å². The second-order valence-electron chi connectivity index (χ2n) is 6.47. The fraction of sp³-hybridized carbons (Fsp3) is 0.158. The smallest absolute Gasteiger partial charge is 0.417 e. The molecule has 3 aromatic rings. The Bertz CT molecular complexity index is 1320. The van der Waals surface area contributed by atoms with Gasteiger partial charge >= 0.3 is 12.1 Å². The zero-order chi connectivity index (χ0) is 23.7. The molecular weight excluding hydrogens is 491 g/mol. The number of carboxylic acids is 1. The van der Waals surface area contributed by atoms with Crippen LogP contribution in [0.4, 0.5) is 13.2 Å². The SMILES string of the molecule is Cn1c(Sc2ncc(C(F)(F)F)cc2Cl)c(/C=C/S(=O)(=O)NCC(=O)O)c2ccccc21. The number of hydrogen-bond acceptors (Lipinski definition) is 5. The maximum absolute atomic E-state index is 12.9. The lowest BCUT2D eigenvalue weighted by Gasteiger charge is -2.10. The molecule has 0 aliphatic carbocycles. The lowest BCUT2D eigenvalue weighted by molar-refractivity contribution is -0.138. The van der Waals surface area contributed by atoms with Crippen molar-refractivity contribution in [2.45, 2.75) is 16.2 Å². The van der Waals surface area contributed by atoms with E-state index in [0.29, 0.717) is 22.2 Å². The first-order valence-electron chi connectivity index (χ1n) is 8.76. The second-order valence-corrected chi connectivity index (χ2v) is 9.50. The molecule has 0 amide bonds. The first-order valence-corrected chi connectivity index (χ1v) is 11.5. The summed E-state index contributed by atoms with van der Waals surface area (Å²) < 4.78 is 66.5. The molecule has 0 fully saturated rings. The van der Waals surface area contributed by atoms with Crippen LogP contribution in [0.2, 0.25) is 5.02 Å². The number of aromatic nitrogens is 2. The van der Waals surface area contributed by atoms with Crippen LogP contribution < -0.4 is 4.72 Å². The number of fused-ring (bicyclic) bond motifs is 1. The van der Waals surface area contributed by atoms with Gasteiger partial charge in [-0.15, -0.1) is 0 Å². The minimum Gasteiger partial charge on any atom is -0.480 e. The van der Waals surface area contributed by atoms with Crippen LogP contribution in [0.25, 0.3) is 17.0 Å². The number of alkyl halides is 3. The van der Waals surface area contributed by atoms with Crippen molar-refractivity contribution in [3.05, 3.63) is 58.1 Å². The summed E-state index contributed by atoms with van der Waals surface area (Å²) in [4.78, 5) is 14.5. The molecule has 0 aliphatic rings. The van der Waals surface area contributed by atoms with E-state index < -0.39 is 34.3 Å². The lowest BCUT2D eigenvalue weighted by atomic mass is 10.2. The van der Waals surface area contributed by atoms with E-state index in [4.69, 9.17) is 16.7 Å². The van der Waals surface area contributed by atoms with Crippen molar-refractivity contribution in [2.75, 3.05) is 6.54 Å². The lowest BCUT2D eigenvalue weighted by Crippen LogP contribution is -2.27. The molecule has 32 heavy (non-hydrogen) atoms. The fourth-order valence-corrected chi connectivity index (χ4v) is 4.79. The van der Waals surface area contributed by atoms with E-state index in [2.05, 4.69) is 4.98 Å². The van der Waals surface area contributed by atoms with Crippen LogP contribution >= 0.6 is 23.4 Å². The predicted molar refractivity (Wildman–Crippen MR) is 115 cm³/mol. The molecular formula is C19H15ClF3N3O4S2. The zero-order valence-corrected chi connectivity index (χ0v) is 18.6. The van der Waals surface area contributed by atoms with Gasteiger partial charge in [-0.3, -0.25) is 4.79 Å². The summed E-state index contributed by atoms with van der Waals surface area (Å²) in [6.45, 7) is -0.783. The summed E-state index contributed by atoms with van der Waals surface area (Å²) in [7, 11) is -2.35. The van der Waals surface area contributed by atoms with Gasteiger partial charge in [-0.05, 0) is 30.0 Å². The molecule has 0 saturated heterocycles. The topological polar surface area (TPSA) is 101 Å². The van der Waals surface area contributed by atoms with Crippen molar-refractivity contribution in [3.8, 4) is 0 Å². The molecule has 0 saturated carbocycles. The summed E-state index contributed by atoms with van der Waals surface area (Å²) in [6, 6.07) is 7.83. The molecule has 0 unspecified atom stereocenters. The van der Waals surface area contributed by atoms with E-state index >= 15 is 0 Å². The average molecular weight is 506 g/mol. The number of pyridine rings is 1. The van der Waals surface area contributed by atoms with Crippen molar-refractivity contribution in [3.63, 3.8) is 0 Å². The van der Waals surface area contributed by atoms with Gasteiger partial charge in [0.15, 0.2) is 0 Å². The van der Waals surface area contributed by atoms with E-state index in [1.807, 2.05) is 4.72 Å². The number of carbonyl (C=O) groups is 1. The number of hydrogen-bond donors (Lipinski definition) is 2. The predicted octanol–water partition coefficient (Wildman–Crippen LogP) is 4.37. The largest absolute Gasteiger partial charge is 0.480 e. The highest BCUT2D eigenvalue weighted by molar-refractivity contribution is 7.99. The number of aryl methyl sites for hydroxylation is 1. The van der Waals surface area contributed by atoms with Gasteiger partial charge in [0, 0.05) is 35.1 Å². The number of para-hydroxylation sites is 1. The van der Waals surface area contributed by atoms with Gasteiger partial charge in [-0.1, -0.05) is 29.8 Å². The monoisotopic (exact) mass is 505 g/mol. The Balaban J connectivity index is 2.05. The highest BCUT2D eigenvalue weighted by Gasteiger charge is 2.32. The van der Waals surface area contributed by atoms with Crippen molar-refractivity contribution >= 4 is 56.3 Å². The number of nitrogens with zero attached hydrogens (tertiary/aromatic N) is 2. The number of rotatable bonds is 7. The first kappa shape index (κ1) is 24.1. The molecule has 1 aromatic carbocycles. The molecule has 2 aromatic heterocycles. The third kappa shape index (κ3) is 5.44. The fourth-order valence-electron chi connectivity index (χ4n) is 2.80. The van der Waals surface area contributed by atoms with Crippen LogP contribution in [0.15, 0.2) is 52.0 Å². The Labute approximate surface area is 189 Å². The van der Waals surface area contributed by atoms with Gasteiger partial charge in [0.1, 0.15) is 11.6 Å². The van der Waals surface area contributed by atoms with Gasteiger partial charge in [0.05, 0.1) is 15.6 Å². The van der Waals surface area contributed by atoms with Crippen LogP contribution in [0.5, 0.6) is 0 Å². The Kier molecular flexibility index (Phi) is 6.89. The highest BCUT2D eigenvalue weighted by atomic mass is 35.5. The number of nitrogens with one attached hydrogen (secondary N) is 1. The molecule has 0 atom stereocenters. The molecule has 2 heterocycles. The van der Waals surface area contributed by atoms with Crippen LogP contribution in [0.3, 0.4) is 0 Å². The van der Waals surface area contributed by atoms with E-state index in [1.54, 1.807) is 35.9 Å². The van der Waals surface area contributed by atoms with Crippen molar-refractivity contribution in [1.29, 1.82) is 0 Å². The Morgan fingerprint density at radius 2 is 2.03 bits per heavy atom. The minimum absolute atomic E-state index is 0.104. The number of halogens is 4. The average Bonchev–Trinajstić information content (AvgIpc) is 2.97. The van der Waals surface area contributed by atoms with Crippen LogP contribution in [0, 0.1) is 0 Å². The molecule has 0 spiro atoms. The molecule has 170 valence electrons. The first-order chi connectivity index (χ1) is 14.9. The third-order valence-corrected chi connectivity index (χ3v) is 6.90. The normalized spacial score (nSPS) is 12.7. The molecule has 0 aliphatic heterocycles. The summed E-state index contributed by atoms with van der Waals surface area (Å²) in [5.41, 5.74) is 0.194. The Hall–Kier alpha value is -2.54. The molecule has 2 N–H and O–H groups in total. The van der Waals surface area contributed by atoms with Crippen LogP contribution in [0.1, 0.15) is 11.1 Å². The van der Waals surface area contributed by atoms with E-state index in [9.17, 15) is 26.4 Å². The third-order valence-electron chi connectivity index (χ3n) is 4.26. The number of carboxylic acid groups (broad SMARTS) is 1. The van der Waals surface area contributed by atoms with Gasteiger partial charge in [-0.2, -0.15) is 13.2 Å². The summed E-state index contributed by atoms with van der Waals surface area (Å²) in [5.74, 6) is -1.34. The number of sulfonamides is 1. The second kappa shape index (κ2) is 9.14. The van der Waals surface area contributed by atoms with E-state index in [1.165, 1.54) is 6.08 Å². The number of benzene rings is 1. The maximum atomic E-state index is 12.9. The Morgan fingerprint density at radius 1 is 1.34 bits per heavy atom.